The van der Waals surface area contributed by atoms with Gasteiger partial charge in [-0.2, -0.15) is 0 Å². The number of benzene rings is 3. The zero-order valence-electron chi connectivity index (χ0n) is 21.3. The minimum atomic E-state index is -1.18. The van der Waals surface area contributed by atoms with Crippen molar-refractivity contribution in [1.82, 2.24) is 10.6 Å². The quantitative estimate of drug-likeness (QED) is 0.306. The van der Waals surface area contributed by atoms with E-state index in [0.717, 1.165) is 27.8 Å². The first-order chi connectivity index (χ1) is 18.4. The zero-order valence-corrected chi connectivity index (χ0v) is 21.3. The molecule has 3 N–H and O–H groups in total. The number of hydrogen-bond acceptors (Lipinski definition) is 5. The Morgan fingerprint density at radius 1 is 0.895 bits per heavy atom. The van der Waals surface area contributed by atoms with Crippen molar-refractivity contribution in [3.8, 4) is 11.1 Å². The normalized spacial score (nSPS) is 13.6. The lowest BCUT2D eigenvalue weighted by Crippen LogP contribution is -2.48. The number of ether oxygens (including phenoxy) is 2. The first-order valence-corrected chi connectivity index (χ1v) is 12.7. The number of carboxylic acid groups (broad SMARTS) is 1. The molecule has 3 aromatic rings. The fraction of sp³-hybridized carbons (Fsp3) is 0.300. The van der Waals surface area contributed by atoms with Crippen LogP contribution in [-0.2, 0) is 25.7 Å². The highest BCUT2D eigenvalue weighted by Gasteiger charge is 2.29. The van der Waals surface area contributed by atoms with Crippen LogP contribution >= 0.6 is 0 Å². The second-order valence-electron chi connectivity index (χ2n) is 9.24. The van der Waals surface area contributed by atoms with Gasteiger partial charge in [-0.05, 0) is 41.2 Å². The number of rotatable bonds is 12. The van der Waals surface area contributed by atoms with Crippen LogP contribution in [0.15, 0.2) is 78.9 Å². The smallest absolute Gasteiger partial charge is 0.407 e. The van der Waals surface area contributed by atoms with E-state index in [0.29, 0.717) is 6.42 Å². The van der Waals surface area contributed by atoms with E-state index in [-0.39, 0.29) is 32.1 Å². The summed E-state index contributed by atoms with van der Waals surface area (Å²) in [7, 11) is 0. The van der Waals surface area contributed by atoms with Crippen LogP contribution in [0.2, 0.25) is 0 Å². The number of alkyl carbamates (subject to hydrolysis) is 1. The lowest BCUT2D eigenvalue weighted by molar-refractivity contribution is -0.146. The zero-order chi connectivity index (χ0) is 26.9. The van der Waals surface area contributed by atoms with Gasteiger partial charge >= 0.3 is 12.1 Å². The van der Waals surface area contributed by atoms with Crippen LogP contribution in [0.5, 0.6) is 0 Å². The summed E-state index contributed by atoms with van der Waals surface area (Å²) in [4.78, 5) is 36.3. The topological polar surface area (TPSA) is 114 Å². The summed E-state index contributed by atoms with van der Waals surface area (Å²) in [5.41, 5.74) is 5.49. The Morgan fingerprint density at radius 3 is 2.13 bits per heavy atom. The number of nitrogens with one attached hydrogen (secondary N) is 2. The van der Waals surface area contributed by atoms with Crippen molar-refractivity contribution in [1.29, 1.82) is 0 Å². The van der Waals surface area contributed by atoms with Crippen molar-refractivity contribution in [2.75, 3.05) is 13.2 Å². The van der Waals surface area contributed by atoms with Gasteiger partial charge in [0.05, 0.1) is 12.7 Å². The Hall–Kier alpha value is -4.17. The standard InChI is InChI=1S/C30H32N2O6/c1-20(37-18-21-10-3-2-4-11-21)28(29(34)35)32-27(33)16-9-17-31-30(36)38-19-26-24-14-7-5-12-22(24)23-13-6-8-15-25(23)26/h2-8,10-15,20,26,28H,9,16-19H2,1H3,(H,31,36)(H,32,33)(H,34,35). The molecule has 0 bridgehead atoms. The molecule has 2 atom stereocenters. The third-order valence-electron chi connectivity index (χ3n) is 6.60. The summed E-state index contributed by atoms with van der Waals surface area (Å²) < 4.78 is 11.1. The molecule has 2 unspecified atom stereocenters. The van der Waals surface area contributed by atoms with Crippen molar-refractivity contribution in [3.63, 3.8) is 0 Å². The van der Waals surface area contributed by atoms with Crippen molar-refractivity contribution in [3.05, 3.63) is 95.6 Å². The first kappa shape index (κ1) is 26.9. The van der Waals surface area contributed by atoms with E-state index in [9.17, 15) is 19.5 Å². The molecule has 8 nitrogen and oxygen atoms in total. The molecule has 198 valence electrons. The van der Waals surface area contributed by atoms with E-state index in [1.807, 2.05) is 54.6 Å². The van der Waals surface area contributed by atoms with Crippen LogP contribution in [0.4, 0.5) is 4.79 Å². The molecule has 8 heteroatoms. The van der Waals surface area contributed by atoms with Crippen LogP contribution < -0.4 is 10.6 Å². The molecule has 0 aliphatic heterocycles. The number of carboxylic acids is 1. The third kappa shape index (κ3) is 6.77. The Morgan fingerprint density at radius 2 is 1.50 bits per heavy atom. The molecule has 0 radical (unpaired) electrons. The molecule has 0 saturated heterocycles. The average molecular weight is 517 g/mol. The minimum absolute atomic E-state index is 0.0296. The highest BCUT2D eigenvalue weighted by atomic mass is 16.5. The highest BCUT2D eigenvalue weighted by Crippen LogP contribution is 2.44. The molecular formula is C30H32N2O6. The summed E-state index contributed by atoms with van der Waals surface area (Å²) in [6, 6.07) is 24.4. The lowest BCUT2D eigenvalue weighted by Gasteiger charge is -2.22. The summed E-state index contributed by atoms with van der Waals surface area (Å²) in [6.07, 6.45) is -0.894. The third-order valence-corrected chi connectivity index (χ3v) is 6.60. The van der Waals surface area contributed by atoms with E-state index in [4.69, 9.17) is 9.47 Å². The number of carbonyl (C=O) groups excluding carboxylic acids is 2. The van der Waals surface area contributed by atoms with Crippen LogP contribution in [0.3, 0.4) is 0 Å². The van der Waals surface area contributed by atoms with Crippen LogP contribution in [0.1, 0.15) is 42.4 Å². The molecule has 3 aromatic carbocycles. The van der Waals surface area contributed by atoms with E-state index in [1.165, 1.54) is 0 Å². The van der Waals surface area contributed by atoms with E-state index in [2.05, 4.69) is 34.9 Å². The SMILES string of the molecule is CC(OCc1ccccc1)C(NC(=O)CCCNC(=O)OCC1c2ccccc2-c2ccccc21)C(=O)O. The molecule has 0 heterocycles. The lowest BCUT2D eigenvalue weighted by atomic mass is 9.98. The van der Waals surface area contributed by atoms with Crippen LogP contribution in [-0.4, -0.2) is 48.4 Å². The molecule has 0 spiro atoms. The van der Waals surface area contributed by atoms with Gasteiger partial charge in [0.25, 0.3) is 0 Å². The summed E-state index contributed by atoms with van der Waals surface area (Å²) >= 11 is 0. The molecule has 4 rings (SSSR count). The van der Waals surface area contributed by atoms with E-state index < -0.39 is 30.1 Å². The number of carbonyl (C=O) groups is 3. The molecule has 0 aromatic heterocycles. The summed E-state index contributed by atoms with van der Waals surface area (Å²) in [5, 5.41) is 14.7. The minimum Gasteiger partial charge on any atom is -0.480 e. The number of hydrogen-bond donors (Lipinski definition) is 3. The Labute approximate surface area is 222 Å². The maximum atomic E-state index is 12.3. The van der Waals surface area contributed by atoms with Gasteiger partial charge < -0.3 is 25.2 Å². The molecule has 1 aliphatic carbocycles. The largest absolute Gasteiger partial charge is 0.480 e. The Kier molecular flexibility index (Phi) is 9.11. The second-order valence-corrected chi connectivity index (χ2v) is 9.24. The molecule has 38 heavy (non-hydrogen) atoms. The van der Waals surface area contributed by atoms with E-state index >= 15 is 0 Å². The van der Waals surface area contributed by atoms with Gasteiger partial charge in [0.1, 0.15) is 6.61 Å². The van der Waals surface area contributed by atoms with Gasteiger partial charge in [-0.15, -0.1) is 0 Å². The fourth-order valence-corrected chi connectivity index (χ4v) is 4.61. The van der Waals surface area contributed by atoms with Crippen LogP contribution in [0, 0.1) is 0 Å². The number of amides is 2. The highest BCUT2D eigenvalue weighted by molar-refractivity contribution is 5.84. The Balaban J connectivity index is 1.17. The Bertz CT molecular complexity index is 1220. The van der Waals surface area contributed by atoms with E-state index in [1.54, 1.807) is 6.92 Å². The number of fused-ring (bicyclic) bond motifs is 3. The molecule has 0 fully saturated rings. The van der Waals surface area contributed by atoms with Gasteiger partial charge in [0.2, 0.25) is 5.91 Å². The van der Waals surface area contributed by atoms with Gasteiger partial charge in [-0.3, -0.25) is 4.79 Å². The van der Waals surface area contributed by atoms with Crippen molar-refractivity contribution in [2.24, 2.45) is 0 Å². The molecule has 1 aliphatic rings. The summed E-state index contributed by atoms with van der Waals surface area (Å²) in [5.74, 6) is -1.63. The maximum Gasteiger partial charge on any atom is 0.407 e. The van der Waals surface area contributed by atoms with Crippen molar-refractivity contribution >= 4 is 18.0 Å². The van der Waals surface area contributed by atoms with Crippen molar-refractivity contribution < 1.29 is 29.0 Å². The summed E-state index contributed by atoms with van der Waals surface area (Å²) in [6.45, 7) is 2.29. The maximum absolute atomic E-state index is 12.3. The van der Waals surface area contributed by atoms with Gasteiger partial charge in [-0.25, -0.2) is 9.59 Å². The monoisotopic (exact) mass is 516 g/mol. The number of aliphatic carboxylic acids is 1. The molecule has 2 amide bonds. The molecule has 0 saturated carbocycles. The van der Waals surface area contributed by atoms with Gasteiger partial charge in [0.15, 0.2) is 6.04 Å². The van der Waals surface area contributed by atoms with Gasteiger partial charge in [-0.1, -0.05) is 78.9 Å². The van der Waals surface area contributed by atoms with Gasteiger partial charge in [0, 0.05) is 18.9 Å². The molecular weight excluding hydrogens is 484 g/mol. The second kappa shape index (κ2) is 12.9. The van der Waals surface area contributed by atoms with Crippen molar-refractivity contribution in [2.45, 2.75) is 44.4 Å². The van der Waals surface area contributed by atoms with Crippen LogP contribution in [0.25, 0.3) is 11.1 Å². The average Bonchev–Trinajstić information content (AvgIpc) is 3.25. The fourth-order valence-electron chi connectivity index (χ4n) is 4.61. The first-order valence-electron chi connectivity index (χ1n) is 12.7. The predicted octanol–water partition coefficient (Wildman–Crippen LogP) is 4.48. The predicted molar refractivity (Wildman–Crippen MR) is 143 cm³/mol.